The van der Waals surface area contributed by atoms with Gasteiger partial charge in [0.15, 0.2) is 0 Å². The Bertz CT molecular complexity index is 243. The summed E-state index contributed by atoms with van der Waals surface area (Å²) in [6, 6.07) is 0. The van der Waals surface area contributed by atoms with Crippen LogP contribution in [0.15, 0.2) is 0 Å². The molecule has 0 aromatic rings. The van der Waals surface area contributed by atoms with Crippen LogP contribution >= 0.6 is 24.0 Å². The summed E-state index contributed by atoms with van der Waals surface area (Å²) in [7, 11) is 0. The zero-order chi connectivity index (χ0) is 12.4. The Balaban J connectivity index is -0.00000112. The van der Waals surface area contributed by atoms with Crippen LogP contribution in [0.4, 0.5) is 0 Å². The topological polar surface area (TPSA) is 92.3 Å². The summed E-state index contributed by atoms with van der Waals surface area (Å²) < 4.78 is 0.552. The van der Waals surface area contributed by atoms with Crippen molar-refractivity contribution in [3.63, 3.8) is 0 Å². The van der Waals surface area contributed by atoms with Crippen molar-refractivity contribution in [2.45, 2.75) is 25.7 Å². The summed E-state index contributed by atoms with van der Waals surface area (Å²) in [6.45, 7) is 0.486. The van der Waals surface area contributed by atoms with Crippen LogP contribution in [0.1, 0.15) is 25.7 Å². The molecule has 0 rings (SSSR count). The maximum absolute atomic E-state index is 10.1. The Morgan fingerprint density at radius 3 is 2.06 bits per heavy atom. The van der Waals surface area contributed by atoms with Crippen molar-refractivity contribution >= 4 is 40.2 Å². The van der Waals surface area contributed by atoms with Crippen molar-refractivity contribution in [2.75, 3.05) is 12.3 Å². The summed E-state index contributed by atoms with van der Waals surface area (Å²) >= 11 is 6.28. The Hall–Kier alpha value is 0.375. The standard InChI is InChI=1S/C9H15NO4S2.2Li/c11-7(12)3-1-5-10-9(15)16-6-2-4-8(13)14;;/h1-6H2,(H,10,15)(H,11,12)(H,13,14);;/q;2*+1/p-2. The molecule has 0 saturated carbocycles. The van der Waals surface area contributed by atoms with Gasteiger partial charge in [0.1, 0.15) is 4.32 Å². The van der Waals surface area contributed by atoms with E-state index in [1.165, 1.54) is 11.8 Å². The summed E-state index contributed by atoms with van der Waals surface area (Å²) in [5, 5.41) is 23.0. The maximum atomic E-state index is 10.1. The van der Waals surface area contributed by atoms with Gasteiger partial charge in [0, 0.05) is 24.2 Å². The second-order valence-corrected chi connectivity index (χ2v) is 4.79. The van der Waals surface area contributed by atoms with Gasteiger partial charge in [0.2, 0.25) is 0 Å². The molecule has 18 heavy (non-hydrogen) atoms. The van der Waals surface area contributed by atoms with Crippen LogP contribution in [0.3, 0.4) is 0 Å². The maximum Gasteiger partial charge on any atom is 1.00 e. The number of carboxylic acids is 2. The van der Waals surface area contributed by atoms with E-state index in [9.17, 15) is 19.8 Å². The second-order valence-electron chi connectivity index (χ2n) is 3.01. The number of rotatable bonds is 8. The molecule has 0 atom stereocenters. The van der Waals surface area contributed by atoms with E-state index >= 15 is 0 Å². The summed E-state index contributed by atoms with van der Waals surface area (Å²) in [6.07, 6.45) is 1.00. The van der Waals surface area contributed by atoms with E-state index in [0.717, 1.165) is 0 Å². The van der Waals surface area contributed by atoms with Crippen LogP contribution in [0.25, 0.3) is 0 Å². The van der Waals surface area contributed by atoms with Gasteiger partial charge in [-0.15, -0.1) is 0 Å². The largest absolute Gasteiger partial charge is 1.00 e. The van der Waals surface area contributed by atoms with Crippen LogP contribution in [-0.2, 0) is 9.59 Å². The fraction of sp³-hybridized carbons (Fsp3) is 0.667. The molecule has 0 spiro atoms. The minimum atomic E-state index is -1.07. The predicted octanol–water partition coefficient (Wildman–Crippen LogP) is -7.34. The number of carbonyl (C=O) groups is 2. The Kier molecular flexibility index (Phi) is 20.1. The number of aliphatic carboxylic acids is 2. The molecule has 0 aromatic heterocycles. The van der Waals surface area contributed by atoms with Gasteiger partial charge in [0.25, 0.3) is 0 Å². The number of thiocarbonyl (C=S) groups is 1. The number of thioether (sulfide) groups is 1. The van der Waals surface area contributed by atoms with Gasteiger partial charge < -0.3 is 25.1 Å². The number of hydrogen-bond donors (Lipinski definition) is 1. The molecule has 0 amide bonds. The molecule has 1 N–H and O–H groups in total. The van der Waals surface area contributed by atoms with Crippen LogP contribution < -0.4 is 53.3 Å². The van der Waals surface area contributed by atoms with Crippen molar-refractivity contribution < 1.29 is 57.5 Å². The molecule has 0 unspecified atom stereocenters. The molecule has 92 valence electrons. The molecular formula is C9H13Li2NO4S2. The fourth-order valence-electron chi connectivity index (χ4n) is 0.856. The van der Waals surface area contributed by atoms with E-state index in [4.69, 9.17) is 12.2 Å². The first kappa shape index (κ1) is 23.5. The van der Waals surface area contributed by atoms with Gasteiger partial charge >= 0.3 is 37.7 Å². The molecule has 5 nitrogen and oxygen atoms in total. The smallest absolute Gasteiger partial charge is 0.550 e. The third-order valence-electron chi connectivity index (χ3n) is 1.59. The van der Waals surface area contributed by atoms with Crippen molar-refractivity contribution in [3.8, 4) is 0 Å². The Morgan fingerprint density at radius 1 is 1.06 bits per heavy atom. The molecule has 0 radical (unpaired) electrons. The van der Waals surface area contributed by atoms with Gasteiger partial charge in [-0.2, -0.15) is 0 Å². The minimum absolute atomic E-state index is 0. The summed E-state index contributed by atoms with van der Waals surface area (Å²) in [5.41, 5.74) is 0. The molecule has 0 aliphatic rings. The molecule has 9 heteroatoms. The van der Waals surface area contributed by atoms with Crippen LogP contribution in [-0.4, -0.2) is 28.6 Å². The molecule has 0 aromatic carbocycles. The monoisotopic (exact) mass is 277 g/mol. The molecular weight excluding hydrogens is 264 g/mol. The van der Waals surface area contributed by atoms with Gasteiger partial charge in [-0.05, 0) is 25.7 Å². The van der Waals surface area contributed by atoms with E-state index in [2.05, 4.69) is 5.32 Å². The fourth-order valence-corrected chi connectivity index (χ4v) is 1.89. The van der Waals surface area contributed by atoms with Crippen molar-refractivity contribution in [3.05, 3.63) is 0 Å². The predicted molar refractivity (Wildman–Crippen MR) is 61.5 cm³/mol. The zero-order valence-corrected chi connectivity index (χ0v) is 12.3. The SMILES string of the molecule is O=C([O-])CCCNC(=S)SCCCC(=O)[O-].[Li+].[Li+]. The van der Waals surface area contributed by atoms with E-state index in [1.807, 2.05) is 0 Å². The minimum Gasteiger partial charge on any atom is -0.550 e. The first-order chi connectivity index (χ1) is 7.52. The summed E-state index contributed by atoms with van der Waals surface area (Å²) in [4.78, 5) is 20.2. The number of nitrogens with one attached hydrogen (secondary N) is 1. The molecule has 0 aliphatic heterocycles. The molecule has 0 bridgehead atoms. The molecule has 0 aliphatic carbocycles. The number of carbonyl (C=O) groups excluding carboxylic acids is 2. The quantitative estimate of drug-likeness (QED) is 0.268. The normalized spacial score (nSPS) is 8.67. The van der Waals surface area contributed by atoms with E-state index in [1.54, 1.807) is 0 Å². The van der Waals surface area contributed by atoms with E-state index in [0.29, 0.717) is 29.5 Å². The third-order valence-corrected chi connectivity index (χ3v) is 2.98. The van der Waals surface area contributed by atoms with E-state index in [-0.39, 0.29) is 50.6 Å². The Labute approximate surface area is 140 Å². The summed E-state index contributed by atoms with van der Waals surface area (Å²) in [5.74, 6) is -1.52. The van der Waals surface area contributed by atoms with Gasteiger partial charge in [-0.25, -0.2) is 0 Å². The second kappa shape index (κ2) is 15.4. The number of hydrogen-bond acceptors (Lipinski definition) is 6. The number of carboxylic acid groups (broad SMARTS) is 2. The van der Waals surface area contributed by atoms with Gasteiger partial charge in [0.05, 0.1) is 0 Å². The van der Waals surface area contributed by atoms with Gasteiger partial charge in [-0.3, -0.25) is 0 Å². The van der Waals surface area contributed by atoms with Crippen LogP contribution in [0.5, 0.6) is 0 Å². The van der Waals surface area contributed by atoms with Gasteiger partial charge in [-0.1, -0.05) is 24.0 Å². The third kappa shape index (κ3) is 18.7. The van der Waals surface area contributed by atoms with Crippen LogP contribution in [0.2, 0.25) is 0 Å². The van der Waals surface area contributed by atoms with Crippen molar-refractivity contribution in [1.82, 2.24) is 5.32 Å². The Morgan fingerprint density at radius 2 is 1.56 bits per heavy atom. The van der Waals surface area contributed by atoms with Crippen molar-refractivity contribution in [2.24, 2.45) is 0 Å². The average molecular weight is 277 g/mol. The van der Waals surface area contributed by atoms with Crippen LogP contribution in [0, 0.1) is 0 Å². The molecule has 0 heterocycles. The molecule has 0 saturated heterocycles. The zero-order valence-electron chi connectivity index (χ0n) is 10.7. The first-order valence-corrected chi connectivity index (χ1v) is 6.22. The average Bonchev–Trinajstić information content (AvgIpc) is 2.19. The first-order valence-electron chi connectivity index (χ1n) is 4.82. The van der Waals surface area contributed by atoms with Crippen molar-refractivity contribution in [1.29, 1.82) is 0 Å². The molecule has 0 fully saturated rings. The van der Waals surface area contributed by atoms with E-state index < -0.39 is 11.9 Å².